The molecule has 2 atom stereocenters. The van der Waals surface area contributed by atoms with Gasteiger partial charge in [0, 0.05) is 17.5 Å². The minimum Gasteiger partial charge on any atom is -0.456 e. The minimum absolute atomic E-state index is 0.00945. The van der Waals surface area contributed by atoms with Crippen LogP contribution in [0.2, 0.25) is 0 Å². The molecule has 1 saturated heterocycles. The number of cyclic esters (lactones) is 1. The second kappa shape index (κ2) is 6.71. The normalized spacial score (nSPS) is 20.8. The van der Waals surface area contributed by atoms with E-state index in [2.05, 4.69) is 43.2 Å². The van der Waals surface area contributed by atoms with E-state index in [4.69, 9.17) is 4.74 Å². The summed E-state index contributed by atoms with van der Waals surface area (Å²) in [5.74, 6) is 0.431. The first-order valence-corrected chi connectivity index (χ1v) is 8.89. The van der Waals surface area contributed by atoms with E-state index < -0.39 is 0 Å². The maximum atomic E-state index is 12.0. The van der Waals surface area contributed by atoms with E-state index in [1.807, 2.05) is 17.5 Å². The number of anilines is 2. The molecular weight excluding hydrogens is 308 g/mol. The Balaban J connectivity index is 1.65. The van der Waals surface area contributed by atoms with Gasteiger partial charge in [-0.3, -0.25) is 4.79 Å². The van der Waals surface area contributed by atoms with Crippen molar-refractivity contribution in [3.05, 3.63) is 40.9 Å². The number of nitrogens with zero attached hydrogens (tertiary/aromatic N) is 1. The highest BCUT2D eigenvalue weighted by Crippen LogP contribution is 2.37. The van der Waals surface area contributed by atoms with Gasteiger partial charge in [-0.15, -0.1) is 11.3 Å². The second-order valence-electron chi connectivity index (χ2n) is 6.56. The Morgan fingerprint density at radius 2 is 2.09 bits per heavy atom. The maximum Gasteiger partial charge on any atom is 0.309 e. The number of aromatic nitrogens is 1. The monoisotopic (exact) mass is 330 g/mol. The van der Waals surface area contributed by atoms with Gasteiger partial charge in [-0.2, -0.15) is 0 Å². The quantitative estimate of drug-likeness (QED) is 0.797. The highest BCUT2D eigenvalue weighted by molar-refractivity contribution is 7.13. The average Bonchev–Trinajstić information content (AvgIpc) is 3.09. The Hall–Kier alpha value is -1.88. The van der Waals surface area contributed by atoms with Crippen LogP contribution < -0.4 is 5.32 Å². The molecule has 1 aliphatic rings. The molecular formula is C18H22N2O2S. The first-order valence-electron chi connectivity index (χ1n) is 8.01. The molecule has 0 bridgehead atoms. The number of nitrogens with one attached hydrogen (secondary N) is 1. The van der Waals surface area contributed by atoms with Crippen LogP contribution in [-0.4, -0.2) is 11.0 Å². The fourth-order valence-corrected chi connectivity index (χ4v) is 3.61. The number of aryl methyl sites for hydroxylation is 1. The van der Waals surface area contributed by atoms with Crippen molar-refractivity contribution in [1.29, 1.82) is 0 Å². The molecule has 0 spiro atoms. The third kappa shape index (κ3) is 3.91. The molecule has 1 N–H and O–H groups in total. The molecule has 3 rings (SSSR count). The summed E-state index contributed by atoms with van der Waals surface area (Å²) in [5, 5.41) is 6.10. The summed E-state index contributed by atoms with van der Waals surface area (Å²) in [6, 6.07) is 8.19. The van der Waals surface area contributed by atoms with E-state index >= 15 is 0 Å². The minimum atomic E-state index is -0.198. The van der Waals surface area contributed by atoms with Gasteiger partial charge in [-0.1, -0.05) is 31.5 Å². The first-order chi connectivity index (χ1) is 11.0. The van der Waals surface area contributed by atoms with Gasteiger partial charge >= 0.3 is 5.97 Å². The lowest BCUT2D eigenvalue weighted by molar-refractivity contribution is -0.145. The fraction of sp³-hybridized carbons (Fsp3) is 0.444. The largest absolute Gasteiger partial charge is 0.456 e. The predicted octanol–water partition coefficient (Wildman–Crippen LogP) is 4.85. The summed E-state index contributed by atoms with van der Waals surface area (Å²) in [4.78, 5) is 16.5. The second-order valence-corrected chi connectivity index (χ2v) is 7.41. The van der Waals surface area contributed by atoms with Crippen molar-refractivity contribution in [2.45, 2.75) is 39.7 Å². The number of rotatable bonds is 5. The Morgan fingerprint density at radius 1 is 1.35 bits per heavy atom. The standard InChI is InChI=1S/C18H22N2O2S/c1-11(2)8-13-9-16(22-17(13)21)15-10-23-18(20-15)19-14-6-4-12(3)5-7-14/h4-7,10-11,13,16H,8-9H2,1-3H3,(H,19,20)/t13-,16+/m0/s1. The molecule has 0 saturated carbocycles. The predicted molar refractivity (Wildman–Crippen MR) is 93.0 cm³/mol. The van der Waals surface area contributed by atoms with Crippen molar-refractivity contribution in [3.63, 3.8) is 0 Å². The summed E-state index contributed by atoms with van der Waals surface area (Å²) >= 11 is 1.54. The summed E-state index contributed by atoms with van der Waals surface area (Å²) in [5.41, 5.74) is 3.09. The zero-order valence-corrected chi connectivity index (χ0v) is 14.5. The zero-order valence-electron chi connectivity index (χ0n) is 13.7. The number of esters is 1. The molecule has 23 heavy (non-hydrogen) atoms. The Kier molecular flexibility index (Phi) is 4.66. The number of benzene rings is 1. The lowest BCUT2D eigenvalue weighted by Crippen LogP contribution is -2.09. The lowest BCUT2D eigenvalue weighted by Gasteiger charge is -2.07. The molecule has 122 valence electrons. The highest BCUT2D eigenvalue weighted by atomic mass is 32.1. The van der Waals surface area contributed by atoms with Crippen molar-refractivity contribution in [2.75, 3.05) is 5.32 Å². The molecule has 2 heterocycles. The maximum absolute atomic E-state index is 12.0. The third-order valence-corrected chi connectivity index (χ3v) is 4.78. The summed E-state index contributed by atoms with van der Waals surface area (Å²) in [6.07, 6.45) is 1.43. The van der Waals surface area contributed by atoms with Crippen molar-refractivity contribution in [3.8, 4) is 0 Å². The molecule has 5 heteroatoms. The number of carbonyl (C=O) groups is 1. The number of carbonyl (C=O) groups excluding carboxylic acids is 1. The topological polar surface area (TPSA) is 51.2 Å². The number of ether oxygens (including phenoxy) is 1. The molecule has 0 unspecified atom stereocenters. The van der Waals surface area contributed by atoms with E-state index in [-0.39, 0.29) is 18.0 Å². The molecule has 1 aromatic heterocycles. The van der Waals surface area contributed by atoms with Gasteiger partial charge in [-0.25, -0.2) is 4.98 Å². The van der Waals surface area contributed by atoms with Crippen LogP contribution in [0.3, 0.4) is 0 Å². The fourth-order valence-electron chi connectivity index (χ4n) is 2.83. The van der Waals surface area contributed by atoms with Gasteiger partial charge in [0.15, 0.2) is 5.13 Å². The summed E-state index contributed by atoms with van der Waals surface area (Å²) < 4.78 is 5.52. The van der Waals surface area contributed by atoms with E-state index in [0.29, 0.717) is 5.92 Å². The molecule has 0 aliphatic carbocycles. The van der Waals surface area contributed by atoms with Gasteiger partial charge in [0.2, 0.25) is 0 Å². The van der Waals surface area contributed by atoms with Gasteiger partial charge in [0.05, 0.1) is 11.6 Å². The smallest absolute Gasteiger partial charge is 0.309 e. The molecule has 2 aromatic rings. The number of thiazole rings is 1. The van der Waals surface area contributed by atoms with Crippen LogP contribution in [0.5, 0.6) is 0 Å². The van der Waals surface area contributed by atoms with E-state index in [9.17, 15) is 4.79 Å². The molecule has 4 nitrogen and oxygen atoms in total. The van der Waals surface area contributed by atoms with E-state index in [1.54, 1.807) is 0 Å². The van der Waals surface area contributed by atoms with Crippen LogP contribution in [0.15, 0.2) is 29.6 Å². The lowest BCUT2D eigenvalue weighted by atomic mass is 9.94. The van der Waals surface area contributed by atoms with Crippen LogP contribution in [0.1, 0.15) is 44.1 Å². The van der Waals surface area contributed by atoms with Crippen molar-refractivity contribution < 1.29 is 9.53 Å². The van der Waals surface area contributed by atoms with Crippen molar-refractivity contribution in [2.24, 2.45) is 11.8 Å². The number of hydrogen-bond donors (Lipinski definition) is 1. The van der Waals surface area contributed by atoms with Crippen LogP contribution in [0.25, 0.3) is 0 Å². The van der Waals surface area contributed by atoms with E-state index in [0.717, 1.165) is 29.4 Å². The highest BCUT2D eigenvalue weighted by Gasteiger charge is 2.36. The Bertz CT molecular complexity index is 679. The molecule has 1 aliphatic heterocycles. The SMILES string of the molecule is Cc1ccc(Nc2nc([C@H]3C[C@H](CC(C)C)C(=O)O3)cs2)cc1. The molecule has 1 fully saturated rings. The third-order valence-electron chi connectivity index (χ3n) is 4.00. The van der Waals surface area contributed by atoms with Gasteiger partial charge < -0.3 is 10.1 Å². The Labute approximate surface area is 140 Å². The summed E-state index contributed by atoms with van der Waals surface area (Å²) in [7, 11) is 0. The van der Waals surface area contributed by atoms with Gasteiger partial charge in [0.1, 0.15) is 6.10 Å². The van der Waals surface area contributed by atoms with Crippen LogP contribution in [-0.2, 0) is 9.53 Å². The van der Waals surface area contributed by atoms with Crippen LogP contribution in [0.4, 0.5) is 10.8 Å². The Morgan fingerprint density at radius 3 is 2.78 bits per heavy atom. The van der Waals surface area contributed by atoms with E-state index in [1.165, 1.54) is 16.9 Å². The van der Waals surface area contributed by atoms with Crippen molar-refractivity contribution >= 4 is 28.1 Å². The molecule has 1 aromatic carbocycles. The van der Waals surface area contributed by atoms with Crippen molar-refractivity contribution in [1.82, 2.24) is 4.98 Å². The zero-order chi connectivity index (χ0) is 16.4. The first kappa shape index (κ1) is 16.0. The molecule has 0 radical (unpaired) electrons. The van der Waals surface area contributed by atoms with Gasteiger partial charge in [0.25, 0.3) is 0 Å². The number of hydrogen-bond acceptors (Lipinski definition) is 5. The average molecular weight is 330 g/mol. The van der Waals surface area contributed by atoms with Gasteiger partial charge in [-0.05, 0) is 31.4 Å². The summed E-state index contributed by atoms with van der Waals surface area (Å²) in [6.45, 7) is 6.33. The molecule has 0 amide bonds. The van der Waals surface area contributed by atoms with Crippen LogP contribution in [0, 0.1) is 18.8 Å². The van der Waals surface area contributed by atoms with Crippen LogP contribution >= 0.6 is 11.3 Å².